The van der Waals surface area contributed by atoms with Crippen molar-refractivity contribution in [2.45, 2.75) is 26.0 Å². The van der Waals surface area contributed by atoms with E-state index in [-0.39, 0.29) is 12.1 Å². The number of aromatic nitrogens is 2. The molecule has 5 nitrogen and oxygen atoms in total. The Hall–Kier alpha value is -0.560. The molecular weight excluding hydrogens is 226 g/mol. The Morgan fingerprint density at radius 2 is 2.38 bits per heavy atom. The summed E-state index contributed by atoms with van der Waals surface area (Å²) in [7, 11) is 0. The molecule has 1 N–H and O–H groups in total. The van der Waals surface area contributed by atoms with E-state index in [2.05, 4.69) is 29.4 Å². The normalized spacial score (nSPS) is 23.2. The Labute approximate surface area is 99.2 Å². The largest absolute Gasteiger partial charge is 0.376 e. The van der Waals surface area contributed by atoms with Crippen LogP contribution in [0.25, 0.3) is 0 Å². The highest BCUT2D eigenvalue weighted by atomic mass is 32.1. The summed E-state index contributed by atoms with van der Waals surface area (Å²) in [5.41, 5.74) is 0. The van der Waals surface area contributed by atoms with Crippen molar-refractivity contribution >= 4 is 11.3 Å². The summed E-state index contributed by atoms with van der Waals surface area (Å²) >= 11 is 1.60. The summed E-state index contributed by atoms with van der Waals surface area (Å²) < 4.78 is 10.9. The second kappa shape index (κ2) is 5.67. The smallest absolute Gasteiger partial charge is 0.148 e. The molecule has 0 amide bonds. The molecule has 2 rings (SSSR count). The average molecular weight is 243 g/mol. The molecule has 2 heterocycles. The van der Waals surface area contributed by atoms with E-state index in [1.165, 1.54) is 0 Å². The molecule has 6 heteroatoms. The Balaban J connectivity index is 2.00. The maximum atomic E-state index is 5.58. The highest BCUT2D eigenvalue weighted by Gasteiger charge is 2.22. The number of hydrogen-bond donors (Lipinski definition) is 1. The predicted octanol–water partition coefficient (Wildman–Crippen LogP) is 1.30. The van der Waals surface area contributed by atoms with Crippen LogP contribution in [0.5, 0.6) is 0 Å². The van der Waals surface area contributed by atoms with Crippen LogP contribution in [-0.4, -0.2) is 36.6 Å². The first-order valence-electron chi connectivity index (χ1n) is 5.57. The van der Waals surface area contributed by atoms with Gasteiger partial charge >= 0.3 is 0 Å². The van der Waals surface area contributed by atoms with Crippen LogP contribution < -0.4 is 5.32 Å². The lowest BCUT2D eigenvalue weighted by molar-refractivity contribution is -0.0903. The van der Waals surface area contributed by atoms with Crippen molar-refractivity contribution in [3.63, 3.8) is 0 Å². The van der Waals surface area contributed by atoms with Crippen LogP contribution in [0, 0.1) is 0 Å². The van der Waals surface area contributed by atoms with Gasteiger partial charge in [0.15, 0.2) is 0 Å². The number of rotatable bonds is 4. The molecular formula is C10H17N3O2S. The summed E-state index contributed by atoms with van der Waals surface area (Å²) in [6, 6.07) is 0.251. The van der Waals surface area contributed by atoms with E-state index >= 15 is 0 Å². The number of nitrogens with one attached hydrogen (secondary N) is 1. The van der Waals surface area contributed by atoms with Gasteiger partial charge in [0.1, 0.15) is 16.1 Å². The van der Waals surface area contributed by atoms with Crippen LogP contribution in [0.4, 0.5) is 0 Å². The van der Waals surface area contributed by atoms with E-state index in [0.717, 1.165) is 16.6 Å². The third-order valence-corrected chi connectivity index (χ3v) is 3.63. The Morgan fingerprint density at radius 3 is 3.06 bits per heavy atom. The predicted molar refractivity (Wildman–Crippen MR) is 61.5 cm³/mol. The third kappa shape index (κ3) is 2.76. The molecule has 2 unspecified atom stereocenters. The second-order valence-electron chi connectivity index (χ2n) is 3.69. The molecule has 0 aliphatic carbocycles. The van der Waals surface area contributed by atoms with Crippen LogP contribution in [0.1, 0.15) is 36.0 Å². The van der Waals surface area contributed by atoms with Crippen LogP contribution in [0.3, 0.4) is 0 Å². The standard InChI is InChI=1S/C10H17N3O2S/c1-3-11-7(2)9-12-13-10(16-9)8-6-14-4-5-15-8/h7-8,11H,3-6H2,1-2H3. The Bertz CT molecular complexity index is 326. The minimum absolute atomic E-state index is 0.0335. The lowest BCUT2D eigenvalue weighted by atomic mass is 10.3. The van der Waals surface area contributed by atoms with Crippen LogP contribution in [0.15, 0.2) is 0 Å². The highest BCUT2D eigenvalue weighted by molar-refractivity contribution is 7.11. The van der Waals surface area contributed by atoms with Crippen LogP contribution >= 0.6 is 11.3 Å². The van der Waals surface area contributed by atoms with Gasteiger partial charge in [0, 0.05) is 0 Å². The van der Waals surface area contributed by atoms with Crippen molar-refractivity contribution in [1.29, 1.82) is 0 Å². The first-order chi connectivity index (χ1) is 7.81. The second-order valence-corrected chi connectivity index (χ2v) is 4.73. The molecule has 16 heavy (non-hydrogen) atoms. The van der Waals surface area contributed by atoms with Crippen molar-refractivity contribution in [3.8, 4) is 0 Å². The molecule has 1 aliphatic heterocycles. The van der Waals surface area contributed by atoms with Gasteiger partial charge < -0.3 is 14.8 Å². The first kappa shape index (κ1) is 11.9. The van der Waals surface area contributed by atoms with Gasteiger partial charge in [-0.3, -0.25) is 0 Å². The van der Waals surface area contributed by atoms with Crippen molar-refractivity contribution in [3.05, 3.63) is 10.0 Å². The molecule has 1 aromatic rings. The molecule has 2 atom stereocenters. The molecule has 0 spiro atoms. The number of nitrogens with zero attached hydrogens (tertiary/aromatic N) is 2. The maximum Gasteiger partial charge on any atom is 0.148 e. The topological polar surface area (TPSA) is 56.3 Å². The van der Waals surface area contributed by atoms with Gasteiger partial charge in [-0.15, -0.1) is 10.2 Å². The highest BCUT2D eigenvalue weighted by Crippen LogP contribution is 2.26. The summed E-state index contributed by atoms with van der Waals surface area (Å²) in [5.74, 6) is 0. The monoisotopic (exact) mass is 243 g/mol. The van der Waals surface area contributed by atoms with Crippen LogP contribution in [0.2, 0.25) is 0 Å². The van der Waals surface area contributed by atoms with Gasteiger partial charge in [-0.25, -0.2) is 0 Å². The minimum atomic E-state index is -0.0335. The third-order valence-electron chi connectivity index (χ3n) is 2.43. The summed E-state index contributed by atoms with van der Waals surface area (Å²) in [5, 5.41) is 13.6. The van der Waals surface area contributed by atoms with Gasteiger partial charge in [0.25, 0.3) is 0 Å². The fourth-order valence-corrected chi connectivity index (χ4v) is 2.48. The van der Waals surface area contributed by atoms with E-state index in [9.17, 15) is 0 Å². The van der Waals surface area contributed by atoms with Gasteiger partial charge in [-0.2, -0.15) is 0 Å². The first-order valence-corrected chi connectivity index (χ1v) is 6.39. The zero-order valence-corrected chi connectivity index (χ0v) is 10.4. The van der Waals surface area contributed by atoms with Gasteiger partial charge in [-0.1, -0.05) is 18.3 Å². The molecule has 1 aromatic heterocycles. The van der Waals surface area contributed by atoms with Gasteiger partial charge in [0.05, 0.1) is 25.9 Å². The lowest BCUT2D eigenvalue weighted by Gasteiger charge is -2.20. The molecule has 1 saturated heterocycles. The van der Waals surface area contributed by atoms with Crippen molar-refractivity contribution in [1.82, 2.24) is 15.5 Å². The van der Waals surface area contributed by atoms with Crippen molar-refractivity contribution in [2.24, 2.45) is 0 Å². The average Bonchev–Trinajstić information content (AvgIpc) is 2.80. The fourth-order valence-electron chi connectivity index (χ4n) is 1.58. The summed E-state index contributed by atoms with van der Waals surface area (Å²) in [4.78, 5) is 0. The quantitative estimate of drug-likeness (QED) is 0.863. The molecule has 0 radical (unpaired) electrons. The van der Waals surface area contributed by atoms with Gasteiger partial charge in [0.2, 0.25) is 0 Å². The maximum absolute atomic E-state index is 5.58. The summed E-state index contributed by atoms with van der Waals surface area (Å²) in [6.07, 6.45) is -0.0335. The Kier molecular flexibility index (Phi) is 4.22. The molecule has 0 aromatic carbocycles. The lowest BCUT2D eigenvalue weighted by Crippen LogP contribution is -2.21. The van der Waals surface area contributed by atoms with Crippen LogP contribution in [-0.2, 0) is 9.47 Å². The number of hydrogen-bond acceptors (Lipinski definition) is 6. The van der Waals surface area contributed by atoms with Crippen molar-refractivity contribution in [2.75, 3.05) is 26.4 Å². The molecule has 90 valence electrons. The molecule has 0 bridgehead atoms. The van der Waals surface area contributed by atoms with E-state index in [4.69, 9.17) is 9.47 Å². The Morgan fingerprint density at radius 1 is 1.50 bits per heavy atom. The van der Waals surface area contributed by atoms with E-state index in [0.29, 0.717) is 19.8 Å². The zero-order chi connectivity index (χ0) is 11.4. The SMILES string of the molecule is CCNC(C)c1nnc(C2COCCO2)s1. The fraction of sp³-hybridized carbons (Fsp3) is 0.800. The zero-order valence-electron chi connectivity index (χ0n) is 9.60. The van der Waals surface area contributed by atoms with Gasteiger partial charge in [-0.05, 0) is 13.5 Å². The number of ether oxygens (including phenoxy) is 2. The summed E-state index contributed by atoms with van der Waals surface area (Å²) in [6.45, 7) is 7.00. The minimum Gasteiger partial charge on any atom is -0.376 e. The van der Waals surface area contributed by atoms with E-state index in [1.807, 2.05) is 0 Å². The molecule has 1 fully saturated rings. The van der Waals surface area contributed by atoms with E-state index < -0.39 is 0 Å². The molecule has 0 saturated carbocycles. The van der Waals surface area contributed by atoms with Crippen molar-refractivity contribution < 1.29 is 9.47 Å². The molecule has 1 aliphatic rings. The van der Waals surface area contributed by atoms with E-state index in [1.54, 1.807) is 11.3 Å².